The summed E-state index contributed by atoms with van der Waals surface area (Å²) in [7, 11) is 1.01. The second-order valence-electron chi connectivity index (χ2n) is 2.51. The fourth-order valence-electron chi connectivity index (χ4n) is 1.03. The van der Waals surface area contributed by atoms with Crippen LogP contribution in [0.5, 0.6) is 0 Å². The molecule has 0 saturated heterocycles. The molecule has 2 aliphatic heterocycles. The highest BCUT2D eigenvalue weighted by atomic mass is 79.9. The summed E-state index contributed by atoms with van der Waals surface area (Å²) in [5.41, 5.74) is 0.861. The first-order valence-corrected chi connectivity index (χ1v) is 6.90. The first-order chi connectivity index (χ1) is 6.84. The number of rotatable bonds is 1. The van der Waals surface area contributed by atoms with Gasteiger partial charge >= 0.3 is 0 Å². The van der Waals surface area contributed by atoms with Crippen molar-refractivity contribution < 1.29 is 8.60 Å². The van der Waals surface area contributed by atoms with Crippen LogP contribution in [0.25, 0.3) is 0 Å². The Balaban J connectivity index is 1.97. The monoisotopic (exact) mass is 290 g/mol. The van der Waals surface area contributed by atoms with Crippen molar-refractivity contribution in [2.24, 2.45) is 9.39 Å². The van der Waals surface area contributed by atoms with E-state index in [0.29, 0.717) is 5.90 Å². The Morgan fingerprint density at radius 1 is 1.50 bits per heavy atom. The molecule has 72 valence electrons. The minimum atomic E-state index is -0.375. The minimum absolute atomic E-state index is 0.375. The number of halogens is 1. The van der Waals surface area contributed by atoms with Gasteiger partial charge in [-0.2, -0.15) is 9.39 Å². The summed E-state index contributed by atoms with van der Waals surface area (Å²) in [6.45, 7) is 0. The predicted molar refractivity (Wildman–Crippen MR) is 62.9 cm³/mol. The molecule has 1 atom stereocenters. The second kappa shape index (κ2) is 3.25. The third-order valence-corrected chi connectivity index (χ3v) is 5.31. The lowest BCUT2D eigenvalue weighted by molar-refractivity contribution is 0.565. The zero-order chi connectivity index (χ0) is 9.54. The van der Waals surface area contributed by atoms with Crippen LogP contribution in [0.3, 0.4) is 0 Å². The van der Waals surface area contributed by atoms with Crippen molar-refractivity contribution in [2.45, 2.75) is 0 Å². The van der Waals surface area contributed by atoms with Crippen molar-refractivity contribution in [3.05, 3.63) is 24.2 Å². The molecular formula is C7H3BrN2O2S2. The fourth-order valence-corrected chi connectivity index (χ4v) is 4.73. The van der Waals surface area contributed by atoms with E-state index in [2.05, 4.69) is 25.3 Å². The molecule has 3 heterocycles. The lowest BCUT2D eigenvalue weighted by atomic mass is 10.3. The molecule has 2 aliphatic rings. The Bertz CT molecular complexity index is 478. The average Bonchev–Trinajstić information content (AvgIpc) is 2.83. The van der Waals surface area contributed by atoms with Crippen molar-refractivity contribution in [1.82, 2.24) is 0 Å². The molecular weight excluding hydrogens is 288 g/mol. The van der Waals surface area contributed by atoms with Crippen molar-refractivity contribution >= 4 is 52.2 Å². The molecule has 1 aromatic heterocycles. The van der Waals surface area contributed by atoms with E-state index in [4.69, 9.17) is 8.60 Å². The van der Waals surface area contributed by atoms with Gasteiger partial charge in [-0.1, -0.05) is 0 Å². The highest BCUT2D eigenvalue weighted by Crippen LogP contribution is 2.45. The van der Waals surface area contributed by atoms with Gasteiger partial charge in [0.15, 0.2) is 9.61 Å². The van der Waals surface area contributed by atoms with Gasteiger partial charge in [-0.25, -0.2) is 0 Å². The van der Waals surface area contributed by atoms with E-state index in [9.17, 15) is 0 Å². The zero-order valence-electron chi connectivity index (χ0n) is 6.64. The topological polar surface area (TPSA) is 47.1 Å². The van der Waals surface area contributed by atoms with Crippen molar-refractivity contribution in [2.75, 3.05) is 0 Å². The maximum Gasteiger partial charge on any atom is 0.240 e. The Morgan fingerprint density at radius 3 is 3.14 bits per heavy atom. The molecule has 7 heteroatoms. The third kappa shape index (κ3) is 1.27. The van der Waals surface area contributed by atoms with Crippen LogP contribution in [0.1, 0.15) is 5.56 Å². The molecule has 0 radical (unpaired) electrons. The van der Waals surface area contributed by atoms with E-state index < -0.39 is 0 Å². The van der Waals surface area contributed by atoms with Gasteiger partial charge in [0.2, 0.25) is 5.90 Å². The van der Waals surface area contributed by atoms with Crippen LogP contribution in [0.2, 0.25) is 0 Å². The molecule has 0 N–H and O–H groups in total. The molecule has 0 spiro atoms. The van der Waals surface area contributed by atoms with Crippen LogP contribution in [0.15, 0.2) is 32.4 Å². The molecule has 0 aromatic carbocycles. The van der Waals surface area contributed by atoms with Crippen molar-refractivity contribution in [3.63, 3.8) is 0 Å². The number of hydrogen-bond donors (Lipinski definition) is 0. The first-order valence-electron chi connectivity index (χ1n) is 3.67. The summed E-state index contributed by atoms with van der Waals surface area (Å²) in [6.07, 6.45) is 3.21. The smallest absolute Gasteiger partial charge is 0.240 e. The van der Waals surface area contributed by atoms with E-state index in [0.717, 1.165) is 15.2 Å². The van der Waals surface area contributed by atoms with Crippen LogP contribution in [-0.4, -0.2) is 15.5 Å². The predicted octanol–water partition coefficient (Wildman–Crippen LogP) is 2.74. The second-order valence-corrected chi connectivity index (χ2v) is 5.97. The van der Waals surface area contributed by atoms with E-state index in [1.165, 1.54) is 11.0 Å². The Labute approximate surface area is 94.2 Å². The molecule has 0 saturated carbocycles. The summed E-state index contributed by atoms with van der Waals surface area (Å²) in [6, 6.07) is 1.82. The minimum Gasteiger partial charge on any atom is -0.472 e. The maximum atomic E-state index is 5.60. The van der Waals surface area contributed by atoms with Crippen molar-refractivity contribution in [1.29, 1.82) is 0 Å². The van der Waals surface area contributed by atoms with E-state index in [1.54, 1.807) is 12.5 Å². The average molecular weight is 291 g/mol. The maximum absolute atomic E-state index is 5.60. The van der Waals surface area contributed by atoms with Gasteiger partial charge in [0, 0.05) is 0 Å². The highest BCUT2D eigenvalue weighted by Gasteiger charge is 2.28. The highest BCUT2D eigenvalue weighted by molar-refractivity contribution is 9.19. The lowest BCUT2D eigenvalue weighted by Crippen LogP contribution is -2.00. The number of furan rings is 1. The van der Waals surface area contributed by atoms with Crippen LogP contribution in [-0.2, 0) is 4.18 Å². The van der Waals surface area contributed by atoms with Crippen LogP contribution in [0, 0.1) is 0 Å². The molecule has 4 nitrogen and oxygen atoms in total. The summed E-state index contributed by atoms with van der Waals surface area (Å²) < 4.78 is 15.4. The fraction of sp³-hybridized carbons (Fsp3) is 0. The summed E-state index contributed by atoms with van der Waals surface area (Å²) in [5, 5.41) is 0. The van der Waals surface area contributed by atoms with E-state index >= 15 is 0 Å². The summed E-state index contributed by atoms with van der Waals surface area (Å²) in [4.78, 5) is 5.21. The SMILES string of the molecule is BrC1=NSS2=C1N=C(c1ccoc1)O2. The molecule has 0 fully saturated rings. The summed E-state index contributed by atoms with van der Waals surface area (Å²) >= 11 is 3.32. The van der Waals surface area contributed by atoms with Crippen LogP contribution in [0.4, 0.5) is 0 Å². The van der Waals surface area contributed by atoms with Gasteiger partial charge in [0.05, 0.1) is 22.8 Å². The van der Waals surface area contributed by atoms with Gasteiger partial charge in [-0.15, -0.1) is 0 Å². The molecule has 0 amide bonds. The normalized spacial score (nSPS) is 24.4. The Morgan fingerprint density at radius 2 is 2.43 bits per heavy atom. The van der Waals surface area contributed by atoms with Crippen LogP contribution < -0.4 is 0 Å². The standard InChI is InChI=1S/C7H3BrN2O2S2/c8-5-7-9-6(4-1-2-11-3-4)12-14(7)13-10-5/h1-3H. The lowest BCUT2D eigenvalue weighted by Gasteiger charge is -1.98. The quantitative estimate of drug-likeness (QED) is 0.454. The summed E-state index contributed by atoms with van der Waals surface area (Å²) in [5.74, 6) is 0.608. The van der Waals surface area contributed by atoms with E-state index in [-0.39, 0.29) is 9.80 Å². The number of aliphatic imine (C=N–C) groups is 1. The van der Waals surface area contributed by atoms with Crippen LogP contribution >= 0.6 is 36.7 Å². The van der Waals surface area contributed by atoms with Gasteiger partial charge in [0.25, 0.3) is 0 Å². The number of hydrogen-bond acceptors (Lipinski definition) is 5. The van der Waals surface area contributed by atoms with E-state index in [1.807, 2.05) is 6.07 Å². The zero-order valence-corrected chi connectivity index (χ0v) is 9.86. The Hall–Kier alpha value is -0.530. The molecule has 14 heavy (non-hydrogen) atoms. The van der Waals surface area contributed by atoms with Gasteiger partial charge in [-0.3, -0.25) is 0 Å². The Kier molecular flexibility index (Phi) is 2.03. The van der Waals surface area contributed by atoms with Gasteiger partial charge < -0.3 is 8.60 Å². The first kappa shape index (κ1) is 8.75. The molecule has 1 aromatic rings. The van der Waals surface area contributed by atoms with Gasteiger partial charge in [0.1, 0.15) is 16.1 Å². The molecule has 3 rings (SSSR count). The van der Waals surface area contributed by atoms with Gasteiger partial charge in [-0.05, 0) is 22.0 Å². The number of nitrogens with zero attached hydrogens (tertiary/aromatic N) is 2. The molecule has 0 aliphatic carbocycles. The largest absolute Gasteiger partial charge is 0.472 e. The molecule has 1 unspecified atom stereocenters. The van der Waals surface area contributed by atoms with Crippen molar-refractivity contribution in [3.8, 4) is 0 Å². The molecule has 0 bridgehead atoms. The third-order valence-electron chi connectivity index (χ3n) is 1.65.